The molecule has 2 aliphatic rings. The van der Waals surface area contributed by atoms with Gasteiger partial charge in [0.15, 0.2) is 0 Å². The molecule has 0 aromatic heterocycles. The first kappa shape index (κ1) is 11.1. The van der Waals surface area contributed by atoms with Crippen molar-refractivity contribution in [1.82, 2.24) is 4.90 Å². The van der Waals surface area contributed by atoms with Crippen LogP contribution in [0.2, 0.25) is 0 Å². The van der Waals surface area contributed by atoms with Crippen LogP contribution >= 0.6 is 0 Å². The lowest BCUT2D eigenvalue weighted by molar-refractivity contribution is 0.245. The quantitative estimate of drug-likeness (QED) is 0.865. The normalized spacial score (nSPS) is 29.5. The maximum atomic E-state index is 6.12. The third kappa shape index (κ3) is 2.17. The fraction of sp³-hybridized carbons (Fsp3) is 0.571. The molecule has 2 fully saturated rings. The Morgan fingerprint density at radius 3 is 2.88 bits per heavy atom. The largest absolute Gasteiger partial charge is 0.497 e. The summed E-state index contributed by atoms with van der Waals surface area (Å²) in [6.45, 7) is 1.05. The van der Waals surface area contributed by atoms with Gasteiger partial charge in [0, 0.05) is 24.7 Å². The number of methoxy groups -OCH3 is 1. The van der Waals surface area contributed by atoms with Crippen LogP contribution in [0.3, 0.4) is 0 Å². The second-order valence-corrected chi connectivity index (χ2v) is 5.22. The molecule has 2 unspecified atom stereocenters. The second kappa shape index (κ2) is 4.31. The fourth-order valence-electron chi connectivity index (χ4n) is 2.88. The molecule has 0 bridgehead atoms. The van der Waals surface area contributed by atoms with Crippen LogP contribution in [0.5, 0.6) is 5.75 Å². The van der Waals surface area contributed by atoms with E-state index in [1.165, 1.54) is 18.4 Å². The Hall–Kier alpha value is -1.06. The summed E-state index contributed by atoms with van der Waals surface area (Å²) in [5.41, 5.74) is 7.47. The van der Waals surface area contributed by atoms with Crippen LogP contribution < -0.4 is 10.5 Å². The predicted molar refractivity (Wildman–Crippen MR) is 68.1 cm³/mol. The number of likely N-dealkylation sites (tertiary alicyclic amines) is 1. The van der Waals surface area contributed by atoms with E-state index in [-0.39, 0.29) is 0 Å². The van der Waals surface area contributed by atoms with Gasteiger partial charge in [-0.25, -0.2) is 0 Å². The average Bonchev–Trinajstić information content (AvgIpc) is 3.12. The highest BCUT2D eigenvalue weighted by Crippen LogP contribution is 2.40. The van der Waals surface area contributed by atoms with Gasteiger partial charge < -0.3 is 10.5 Å². The molecule has 0 spiro atoms. The topological polar surface area (TPSA) is 38.5 Å². The van der Waals surface area contributed by atoms with Gasteiger partial charge in [0.1, 0.15) is 5.75 Å². The predicted octanol–water partition coefficient (Wildman–Crippen LogP) is 1.93. The van der Waals surface area contributed by atoms with Crippen molar-refractivity contribution in [2.24, 2.45) is 5.73 Å². The molecule has 92 valence electrons. The molecule has 1 aliphatic heterocycles. The van der Waals surface area contributed by atoms with Gasteiger partial charge in [-0.2, -0.15) is 0 Å². The van der Waals surface area contributed by atoms with Crippen molar-refractivity contribution in [3.8, 4) is 5.75 Å². The first-order chi connectivity index (χ1) is 8.28. The van der Waals surface area contributed by atoms with Crippen LogP contribution in [0.1, 0.15) is 30.9 Å². The summed E-state index contributed by atoms with van der Waals surface area (Å²) in [4.78, 5) is 2.58. The van der Waals surface area contributed by atoms with Gasteiger partial charge >= 0.3 is 0 Å². The summed E-state index contributed by atoms with van der Waals surface area (Å²) in [6, 6.07) is 10.0. The highest BCUT2D eigenvalue weighted by Gasteiger charge is 2.40. The van der Waals surface area contributed by atoms with Crippen LogP contribution in [-0.4, -0.2) is 30.6 Å². The number of hydrogen-bond acceptors (Lipinski definition) is 3. The van der Waals surface area contributed by atoms with Crippen LogP contribution in [0.4, 0.5) is 0 Å². The van der Waals surface area contributed by atoms with Crippen molar-refractivity contribution >= 4 is 0 Å². The SMILES string of the molecule is COc1cccc(C2CC(N)CN2C2CC2)c1. The molecule has 3 rings (SSSR count). The number of nitrogens with two attached hydrogens (primary N) is 1. The Balaban J connectivity index is 1.85. The van der Waals surface area contributed by atoms with E-state index < -0.39 is 0 Å². The van der Waals surface area contributed by atoms with E-state index in [9.17, 15) is 0 Å². The zero-order chi connectivity index (χ0) is 11.8. The van der Waals surface area contributed by atoms with Crippen molar-refractivity contribution in [2.75, 3.05) is 13.7 Å². The van der Waals surface area contributed by atoms with Gasteiger partial charge in [0.25, 0.3) is 0 Å². The standard InChI is InChI=1S/C14H20N2O/c1-17-13-4-2-3-10(7-13)14-8-11(15)9-16(14)12-5-6-12/h2-4,7,11-12,14H,5-6,8-9,15H2,1H3. The van der Waals surface area contributed by atoms with E-state index in [4.69, 9.17) is 10.5 Å². The Bertz CT molecular complexity index is 403. The Morgan fingerprint density at radius 1 is 1.35 bits per heavy atom. The molecule has 3 nitrogen and oxygen atoms in total. The van der Waals surface area contributed by atoms with Gasteiger partial charge in [-0.05, 0) is 37.0 Å². The minimum absolute atomic E-state index is 0.326. The Labute approximate surface area is 103 Å². The third-order valence-corrected chi connectivity index (χ3v) is 3.87. The lowest BCUT2D eigenvalue weighted by Gasteiger charge is -2.24. The maximum absolute atomic E-state index is 6.12. The molecule has 1 aromatic carbocycles. The van der Waals surface area contributed by atoms with Gasteiger partial charge in [-0.15, -0.1) is 0 Å². The van der Waals surface area contributed by atoms with Crippen LogP contribution in [-0.2, 0) is 0 Å². The summed E-state index contributed by atoms with van der Waals surface area (Å²) in [5, 5.41) is 0. The highest BCUT2D eigenvalue weighted by molar-refractivity contribution is 5.31. The molecule has 1 aliphatic carbocycles. The van der Waals surface area contributed by atoms with Crippen LogP contribution in [0, 0.1) is 0 Å². The maximum Gasteiger partial charge on any atom is 0.119 e. The minimum Gasteiger partial charge on any atom is -0.497 e. The molecule has 17 heavy (non-hydrogen) atoms. The van der Waals surface area contributed by atoms with Crippen LogP contribution in [0.25, 0.3) is 0 Å². The van der Waals surface area contributed by atoms with Gasteiger partial charge in [0.05, 0.1) is 7.11 Å². The second-order valence-electron chi connectivity index (χ2n) is 5.22. The number of nitrogens with zero attached hydrogens (tertiary/aromatic N) is 1. The fourth-order valence-corrected chi connectivity index (χ4v) is 2.88. The van der Waals surface area contributed by atoms with E-state index in [1.54, 1.807) is 7.11 Å². The third-order valence-electron chi connectivity index (χ3n) is 3.87. The summed E-state index contributed by atoms with van der Waals surface area (Å²) >= 11 is 0. The van der Waals surface area contributed by atoms with E-state index >= 15 is 0 Å². The lowest BCUT2D eigenvalue weighted by atomic mass is 10.0. The number of ether oxygens (including phenoxy) is 1. The molecule has 1 saturated carbocycles. The molecule has 0 amide bonds. The molecular formula is C14H20N2O. The molecule has 3 heteroatoms. The summed E-state index contributed by atoms with van der Waals surface area (Å²) in [5.74, 6) is 0.943. The smallest absolute Gasteiger partial charge is 0.119 e. The number of hydrogen-bond donors (Lipinski definition) is 1. The first-order valence-electron chi connectivity index (χ1n) is 6.43. The van der Waals surface area contributed by atoms with E-state index in [0.717, 1.165) is 24.8 Å². The van der Waals surface area contributed by atoms with Crippen molar-refractivity contribution in [2.45, 2.75) is 37.4 Å². The zero-order valence-electron chi connectivity index (χ0n) is 10.3. The molecule has 1 heterocycles. The molecule has 0 radical (unpaired) electrons. The average molecular weight is 232 g/mol. The summed E-state index contributed by atoms with van der Waals surface area (Å²) in [6.07, 6.45) is 3.75. The van der Waals surface area contributed by atoms with Gasteiger partial charge in [-0.1, -0.05) is 12.1 Å². The summed E-state index contributed by atoms with van der Waals surface area (Å²) < 4.78 is 5.30. The first-order valence-corrected chi connectivity index (χ1v) is 6.43. The van der Waals surface area contributed by atoms with Crippen molar-refractivity contribution in [1.29, 1.82) is 0 Å². The molecule has 1 saturated heterocycles. The van der Waals surface area contributed by atoms with Gasteiger partial charge in [0.2, 0.25) is 0 Å². The van der Waals surface area contributed by atoms with E-state index in [2.05, 4.69) is 23.1 Å². The number of benzene rings is 1. The highest BCUT2D eigenvalue weighted by atomic mass is 16.5. The number of rotatable bonds is 3. The van der Waals surface area contributed by atoms with Crippen molar-refractivity contribution in [3.63, 3.8) is 0 Å². The molecular weight excluding hydrogens is 212 g/mol. The van der Waals surface area contributed by atoms with E-state index in [0.29, 0.717) is 12.1 Å². The van der Waals surface area contributed by atoms with E-state index in [1.807, 2.05) is 6.07 Å². The van der Waals surface area contributed by atoms with Gasteiger partial charge in [-0.3, -0.25) is 4.90 Å². The molecule has 2 atom stereocenters. The van der Waals surface area contributed by atoms with Crippen molar-refractivity contribution in [3.05, 3.63) is 29.8 Å². The Kier molecular flexibility index (Phi) is 2.81. The monoisotopic (exact) mass is 232 g/mol. The molecule has 2 N–H and O–H groups in total. The zero-order valence-corrected chi connectivity index (χ0v) is 10.3. The van der Waals surface area contributed by atoms with Crippen molar-refractivity contribution < 1.29 is 4.74 Å². The minimum atomic E-state index is 0.326. The Morgan fingerprint density at radius 2 is 2.18 bits per heavy atom. The van der Waals surface area contributed by atoms with Crippen LogP contribution in [0.15, 0.2) is 24.3 Å². The lowest BCUT2D eigenvalue weighted by Crippen LogP contribution is -2.29. The summed E-state index contributed by atoms with van der Waals surface area (Å²) in [7, 11) is 1.72. The molecule has 1 aromatic rings.